The van der Waals surface area contributed by atoms with E-state index in [1.54, 1.807) is 7.05 Å². The van der Waals surface area contributed by atoms with Gasteiger partial charge in [-0.15, -0.1) is 0 Å². The zero-order chi connectivity index (χ0) is 19.6. The molecule has 1 aromatic heterocycles. The highest BCUT2D eigenvalue weighted by molar-refractivity contribution is 6.54. The Bertz CT molecular complexity index is 951. The summed E-state index contributed by atoms with van der Waals surface area (Å²) in [4.78, 5) is 12.3. The predicted molar refractivity (Wildman–Crippen MR) is 110 cm³/mol. The predicted octanol–water partition coefficient (Wildman–Crippen LogP) is 5.90. The summed E-state index contributed by atoms with van der Waals surface area (Å²) < 4.78 is 5.58. The van der Waals surface area contributed by atoms with Gasteiger partial charge in [0.15, 0.2) is 10.6 Å². The van der Waals surface area contributed by atoms with Gasteiger partial charge in [0.1, 0.15) is 5.69 Å². The van der Waals surface area contributed by atoms with Crippen molar-refractivity contribution in [2.45, 2.75) is 24.6 Å². The molecule has 3 rings (SSSR count). The van der Waals surface area contributed by atoms with Crippen molar-refractivity contribution in [3.05, 3.63) is 60.2 Å². The molecule has 0 bridgehead atoms. The van der Waals surface area contributed by atoms with Gasteiger partial charge in [0.2, 0.25) is 0 Å². The van der Waals surface area contributed by atoms with Gasteiger partial charge in [-0.05, 0) is 23.6 Å². The van der Waals surface area contributed by atoms with Gasteiger partial charge in [-0.1, -0.05) is 78.6 Å². The Morgan fingerprint density at radius 3 is 2.52 bits per heavy atom. The van der Waals surface area contributed by atoms with Gasteiger partial charge in [-0.3, -0.25) is 4.79 Å². The Morgan fingerprint density at radius 2 is 1.81 bits per heavy atom. The average Bonchev–Trinajstić information content (AvgIpc) is 3.17. The molecule has 0 spiro atoms. The van der Waals surface area contributed by atoms with Crippen LogP contribution in [-0.4, -0.2) is 22.9 Å². The monoisotopic (exact) mass is 402 g/mol. The second-order valence-electron chi connectivity index (χ2n) is 6.57. The number of rotatable bonds is 5. The quantitative estimate of drug-likeness (QED) is 0.499. The van der Waals surface area contributed by atoms with E-state index in [1.807, 2.05) is 48.5 Å². The third-order valence-corrected chi connectivity index (χ3v) is 4.78. The number of amides is 1. The Balaban J connectivity index is 1.94. The summed E-state index contributed by atoms with van der Waals surface area (Å²) in [6.07, 6.45) is 0. The molecule has 140 valence electrons. The van der Waals surface area contributed by atoms with Gasteiger partial charge in [0, 0.05) is 29.9 Å². The third-order valence-electron chi connectivity index (χ3n) is 4.40. The molecule has 0 radical (unpaired) electrons. The number of hydrogen-bond donors (Lipinski definition) is 0. The smallest absolute Gasteiger partial charge is 0.260 e. The number of nitrogens with zero attached hydrogens (tertiary/aromatic N) is 2. The molecule has 0 saturated heterocycles. The molecule has 0 aliphatic heterocycles. The molecular formula is C21H20Cl2N2O2. The van der Waals surface area contributed by atoms with Crippen LogP contribution in [0.4, 0.5) is 5.69 Å². The van der Waals surface area contributed by atoms with Crippen LogP contribution in [0.15, 0.2) is 59.1 Å². The average molecular weight is 403 g/mol. The minimum atomic E-state index is -1.11. The largest absolute Gasteiger partial charge is 0.356 e. The summed E-state index contributed by atoms with van der Waals surface area (Å²) in [5, 5.41) is 4.25. The molecule has 6 heteroatoms. The standard InChI is InChI=1S/C21H20Cl2N2O2/c1-13(2)16-9-4-5-10-17(16)18-12-19(27-24-18)14-7-6-8-15(11-14)25(3)21(26)20(22)23/h4-13,20H,1-3H3. The topological polar surface area (TPSA) is 46.3 Å². The number of aromatic nitrogens is 1. The van der Waals surface area contributed by atoms with E-state index >= 15 is 0 Å². The normalized spacial score (nSPS) is 11.2. The lowest BCUT2D eigenvalue weighted by Crippen LogP contribution is -2.30. The highest BCUT2D eigenvalue weighted by Crippen LogP contribution is 2.32. The Kier molecular flexibility index (Phi) is 5.88. The Morgan fingerprint density at radius 1 is 1.07 bits per heavy atom. The summed E-state index contributed by atoms with van der Waals surface area (Å²) in [5.74, 6) is 0.613. The number of alkyl halides is 2. The fourth-order valence-corrected chi connectivity index (χ4v) is 3.21. The fraction of sp³-hybridized carbons (Fsp3) is 0.238. The number of benzene rings is 2. The maximum absolute atomic E-state index is 12.0. The van der Waals surface area contributed by atoms with Gasteiger partial charge in [0.25, 0.3) is 5.91 Å². The van der Waals surface area contributed by atoms with E-state index in [4.69, 9.17) is 27.7 Å². The van der Waals surface area contributed by atoms with Crippen LogP contribution in [0.5, 0.6) is 0 Å². The van der Waals surface area contributed by atoms with Gasteiger partial charge in [0.05, 0.1) is 0 Å². The summed E-state index contributed by atoms with van der Waals surface area (Å²) >= 11 is 11.4. The number of hydrogen-bond acceptors (Lipinski definition) is 3. The van der Waals surface area contributed by atoms with Crippen molar-refractivity contribution in [3.63, 3.8) is 0 Å². The van der Waals surface area contributed by atoms with Gasteiger partial charge < -0.3 is 9.42 Å². The van der Waals surface area contributed by atoms with Crippen molar-refractivity contribution in [2.75, 3.05) is 11.9 Å². The van der Waals surface area contributed by atoms with Crippen molar-refractivity contribution in [1.82, 2.24) is 5.16 Å². The lowest BCUT2D eigenvalue weighted by molar-refractivity contribution is -0.116. The second kappa shape index (κ2) is 8.15. The van der Waals surface area contributed by atoms with E-state index in [0.29, 0.717) is 17.4 Å². The summed E-state index contributed by atoms with van der Waals surface area (Å²) in [6, 6.07) is 17.5. The molecule has 0 N–H and O–H groups in total. The summed E-state index contributed by atoms with van der Waals surface area (Å²) in [6.45, 7) is 4.30. The third kappa shape index (κ3) is 4.18. The zero-order valence-electron chi connectivity index (χ0n) is 15.3. The molecule has 0 fully saturated rings. The van der Waals surface area contributed by atoms with Crippen LogP contribution in [0.3, 0.4) is 0 Å². The van der Waals surface area contributed by atoms with E-state index in [9.17, 15) is 4.79 Å². The minimum absolute atomic E-state index is 0.378. The second-order valence-corrected chi connectivity index (χ2v) is 7.66. The maximum atomic E-state index is 12.0. The van der Waals surface area contributed by atoms with Crippen molar-refractivity contribution in [3.8, 4) is 22.6 Å². The summed E-state index contributed by atoms with van der Waals surface area (Å²) in [5.41, 5.74) is 4.54. The Labute approximate surface area is 168 Å². The lowest BCUT2D eigenvalue weighted by atomic mass is 9.95. The van der Waals surface area contributed by atoms with Crippen LogP contribution in [0.2, 0.25) is 0 Å². The van der Waals surface area contributed by atoms with E-state index < -0.39 is 4.84 Å². The van der Waals surface area contributed by atoms with Crippen molar-refractivity contribution in [2.24, 2.45) is 0 Å². The van der Waals surface area contributed by atoms with Gasteiger partial charge in [-0.25, -0.2) is 0 Å². The Hall–Kier alpha value is -2.30. The van der Waals surface area contributed by atoms with Gasteiger partial charge >= 0.3 is 0 Å². The first-order valence-corrected chi connectivity index (χ1v) is 9.48. The molecular weight excluding hydrogens is 383 g/mol. The van der Waals surface area contributed by atoms with Crippen LogP contribution in [0.25, 0.3) is 22.6 Å². The molecule has 4 nitrogen and oxygen atoms in total. The molecule has 27 heavy (non-hydrogen) atoms. The molecule has 1 amide bonds. The molecule has 0 saturated carbocycles. The number of carbonyl (C=O) groups is 1. The maximum Gasteiger partial charge on any atom is 0.260 e. The lowest BCUT2D eigenvalue weighted by Gasteiger charge is -2.18. The summed E-state index contributed by atoms with van der Waals surface area (Å²) in [7, 11) is 1.63. The van der Waals surface area contributed by atoms with Crippen LogP contribution in [-0.2, 0) is 4.79 Å². The SMILES string of the molecule is CC(C)c1ccccc1-c1cc(-c2cccc(N(C)C(=O)C(Cl)Cl)c2)on1. The minimum Gasteiger partial charge on any atom is -0.356 e. The van der Waals surface area contributed by atoms with Crippen LogP contribution in [0, 0.1) is 0 Å². The molecule has 2 aromatic carbocycles. The number of anilines is 1. The van der Waals surface area contributed by atoms with Crippen LogP contribution < -0.4 is 4.90 Å². The van der Waals surface area contributed by atoms with Gasteiger partial charge in [-0.2, -0.15) is 0 Å². The number of carbonyl (C=O) groups excluding carboxylic acids is 1. The van der Waals surface area contributed by atoms with Crippen LogP contribution in [0.1, 0.15) is 25.3 Å². The highest BCUT2D eigenvalue weighted by Gasteiger charge is 2.19. The molecule has 0 atom stereocenters. The molecule has 0 aliphatic rings. The highest BCUT2D eigenvalue weighted by atomic mass is 35.5. The van der Waals surface area contributed by atoms with E-state index in [2.05, 4.69) is 25.1 Å². The fourth-order valence-electron chi connectivity index (χ4n) is 2.91. The van der Waals surface area contributed by atoms with Crippen molar-refractivity contribution < 1.29 is 9.32 Å². The molecule has 0 aliphatic carbocycles. The first-order chi connectivity index (χ1) is 12.9. The first kappa shape index (κ1) is 19.5. The zero-order valence-corrected chi connectivity index (χ0v) is 16.8. The number of halogens is 2. The van der Waals surface area contributed by atoms with Crippen molar-refractivity contribution in [1.29, 1.82) is 0 Å². The molecule has 1 heterocycles. The molecule has 0 unspecified atom stereocenters. The van der Waals surface area contributed by atoms with E-state index in [1.165, 1.54) is 10.5 Å². The molecule has 3 aromatic rings. The van der Waals surface area contributed by atoms with Crippen LogP contribution >= 0.6 is 23.2 Å². The van der Waals surface area contributed by atoms with E-state index in [-0.39, 0.29) is 5.91 Å². The van der Waals surface area contributed by atoms with E-state index in [0.717, 1.165) is 16.8 Å². The first-order valence-electron chi connectivity index (χ1n) is 8.60. The van der Waals surface area contributed by atoms with Crippen molar-refractivity contribution >= 4 is 34.8 Å².